The summed E-state index contributed by atoms with van der Waals surface area (Å²) in [6, 6.07) is 12.0. The number of carbonyl (C=O) groups is 2. The molecule has 2 amide bonds. The van der Waals surface area contributed by atoms with Crippen molar-refractivity contribution in [2.75, 3.05) is 5.75 Å². The second-order valence-corrected chi connectivity index (χ2v) is 10.5. The van der Waals surface area contributed by atoms with E-state index >= 15 is 0 Å². The van der Waals surface area contributed by atoms with Gasteiger partial charge in [0, 0.05) is 17.1 Å². The lowest BCUT2D eigenvalue weighted by molar-refractivity contribution is -0.138. The summed E-state index contributed by atoms with van der Waals surface area (Å²) in [5, 5.41) is 5.27. The molecule has 0 spiro atoms. The zero-order valence-corrected chi connectivity index (χ0v) is 18.1. The molecule has 0 radical (unpaired) electrons. The third kappa shape index (κ3) is 3.48. The van der Waals surface area contributed by atoms with E-state index in [0.717, 1.165) is 16.9 Å². The molecule has 2 aliphatic rings. The van der Waals surface area contributed by atoms with Gasteiger partial charge in [0.15, 0.2) is 0 Å². The van der Waals surface area contributed by atoms with Gasteiger partial charge in [0.2, 0.25) is 11.8 Å². The van der Waals surface area contributed by atoms with E-state index in [1.165, 1.54) is 5.56 Å². The number of fused-ring (bicyclic) bond motifs is 1. The maximum Gasteiger partial charge on any atom is 0.244 e. The number of amides is 2. The van der Waals surface area contributed by atoms with Crippen molar-refractivity contribution in [1.29, 1.82) is 0 Å². The number of nitrogens with one attached hydrogen (secondary N) is 1. The summed E-state index contributed by atoms with van der Waals surface area (Å²) in [5.74, 6) is 1.18. The minimum Gasteiger partial charge on any atom is -0.343 e. The predicted molar refractivity (Wildman–Crippen MR) is 116 cm³/mol. The van der Waals surface area contributed by atoms with Crippen LogP contribution in [0.2, 0.25) is 0 Å². The van der Waals surface area contributed by atoms with Gasteiger partial charge < -0.3 is 10.2 Å². The first kappa shape index (κ1) is 19.5. The van der Waals surface area contributed by atoms with Gasteiger partial charge in [0.25, 0.3) is 0 Å². The largest absolute Gasteiger partial charge is 0.343 e. The summed E-state index contributed by atoms with van der Waals surface area (Å²) in [6.07, 6.45) is 1.36. The Kier molecular flexibility index (Phi) is 5.27. The molecule has 6 heteroatoms. The van der Waals surface area contributed by atoms with Crippen molar-refractivity contribution in [3.8, 4) is 0 Å². The van der Waals surface area contributed by atoms with Crippen LogP contribution in [0.15, 0.2) is 41.8 Å². The van der Waals surface area contributed by atoms with Gasteiger partial charge in [-0.3, -0.25) is 9.59 Å². The maximum absolute atomic E-state index is 13.2. The van der Waals surface area contributed by atoms with Gasteiger partial charge in [0.1, 0.15) is 6.04 Å². The molecule has 2 saturated heterocycles. The molecule has 2 aromatic rings. The molecule has 3 atom stereocenters. The summed E-state index contributed by atoms with van der Waals surface area (Å²) >= 11 is 3.37. The number of hydrogen-bond donors (Lipinski definition) is 1. The Morgan fingerprint density at radius 2 is 1.93 bits per heavy atom. The zero-order chi connectivity index (χ0) is 19.9. The van der Waals surface area contributed by atoms with Crippen LogP contribution in [0.4, 0.5) is 0 Å². The smallest absolute Gasteiger partial charge is 0.244 e. The number of hydrogen-bond acceptors (Lipinski definition) is 4. The van der Waals surface area contributed by atoms with E-state index in [9.17, 15) is 9.59 Å². The number of rotatable bonds is 5. The van der Waals surface area contributed by atoms with E-state index in [1.54, 1.807) is 23.1 Å². The molecule has 3 unspecified atom stereocenters. The Bertz CT molecular complexity index is 863. The quantitative estimate of drug-likeness (QED) is 0.782. The highest BCUT2D eigenvalue weighted by Crippen LogP contribution is 2.47. The summed E-state index contributed by atoms with van der Waals surface area (Å²) in [6.45, 7) is 6.43. The third-order valence-corrected chi connectivity index (χ3v) is 8.24. The van der Waals surface area contributed by atoms with Gasteiger partial charge in [-0.25, -0.2) is 0 Å². The summed E-state index contributed by atoms with van der Waals surface area (Å²) in [5.41, 5.74) is 2.35. The van der Waals surface area contributed by atoms with E-state index in [2.05, 4.69) is 56.4 Å². The van der Waals surface area contributed by atoms with Crippen LogP contribution in [-0.4, -0.2) is 33.4 Å². The Labute approximate surface area is 174 Å². The minimum absolute atomic E-state index is 0.0576. The Hall–Kier alpha value is -1.79. The highest BCUT2D eigenvalue weighted by atomic mass is 32.2. The van der Waals surface area contributed by atoms with Gasteiger partial charge >= 0.3 is 0 Å². The first-order valence-electron chi connectivity index (χ1n) is 9.79. The van der Waals surface area contributed by atoms with Crippen LogP contribution >= 0.6 is 23.1 Å². The van der Waals surface area contributed by atoms with Crippen LogP contribution < -0.4 is 5.32 Å². The molecule has 28 heavy (non-hydrogen) atoms. The van der Waals surface area contributed by atoms with Gasteiger partial charge in [-0.1, -0.05) is 44.2 Å². The fourth-order valence-corrected chi connectivity index (χ4v) is 6.34. The standard InChI is InChI=1S/C22H26N2O2S2/c1-14(2)15-6-8-16(9-7-15)20(18-5-4-12-27-18)23-21(26)17-13-28-22(3)11-10-19(25)24(17)22/h4-9,12,14,17,20H,10-11,13H2,1-3H3,(H,23,26). The molecule has 4 nitrogen and oxygen atoms in total. The summed E-state index contributed by atoms with van der Waals surface area (Å²) < 4.78 is 0. The van der Waals surface area contributed by atoms with Crippen LogP contribution in [0, 0.1) is 0 Å². The maximum atomic E-state index is 13.2. The average molecular weight is 415 g/mol. The molecule has 1 aromatic carbocycles. The minimum atomic E-state index is -0.387. The molecular weight excluding hydrogens is 388 g/mol. The van der Waals surface area contributed by atoms with Gasteiger partial charge in [-0.2, -0.15) is 0 Å². The van der Waals surface area contributed by atoms with Crippen molar-refractivity contribution in [2.24, 2.45) is 0 Å². The molecule has 2 aliphatic heterocycles. The first-order valence-corrected chi connectivity index (χ1v) is 11.7. The fraction of sp³-hybridized carbons (Fsp3) is 0.455. The van der Waals surface area contributed by atoms with Gasteiger partial charge in [-0.05, 0) is 41.8 Å². The predicted octanol–water partition coefficient (Wildman–Crippen LogP) is 4.53. The molecule has 3 heterocycles. The van der Waals surface area contributed by atoms with Crippen LogP contribution in [0.1, 0.15) is 61.6 Å². The van der Waals surface area contributed by atoms with Crippen molar-refractivity contribution >= 4 is 34.9 Å². The normalized spacial score (nSPS) is 25.2. The van der Waals surface area contributed by atoms with Crippen molar-refractivity contribution in [1.82, 2.24) is 10.2 Å². The number of nitrogens with zero attached hydrogens (tertiary/aromatic N) is 1. The molecule has 1 N–H and O–H groups in total. The third-order valence-electron chi connectivity index (χ3n) is 5.80. The fourth-order valence-electron chi connectivity index (χ4n) is 4.10. The molecule has 0 bridgehead atoms. The van der Waals surface area contributed by atoms with Crippen LogP contribution in [-0.2, 0) is 9.59 Å². The molecule has 148 valence electrons. The van der Waals surface area contributed by atoms with Crippen molar-refractivity contribution in [3.05, 3.63) is 57.8 Å². The monoisotopic (exact) mass is 414 g/mol. The highest BCUT2D eigenvalue weighted by Gasteiger charge is 2.53. The summed E-state index contributed by atoms with van der Waals surface area (Å²) in [7, 11) is 0. The van der Waals surface area contributed by atoms with Crippen molar-refractivity contribution < 1.29 is 9.59 Å². The number of thioether (sulfide) groups is 1. The highest BCUT2D eigenvalue weighted by molar-refractivity contribution is 8.01. The van der Waals surface area contributed by atoms with E-state index in [4.69, 9.17) is 0 Å². The second kappa shape index (κ2) is 7.56. The molecule has 1 aromatic heterocycles. The lowest BCUT2D eigenvalue weighted by Crippen LogP contribution is -2.50. The van der Waals surface area contributed by atoms with Crippen LogP contribution in [0.3, 0.4) is 0 Å². The molecule has 0 aliphatic carbocycles. The first-order chi connectivity index (χ1) is 13.4. The van der Waals surface area contributed by atoms with Crippen LogP contribution in [0.5, 0.6) is 0 Å². The molecular formula is C22H26N2O2S2. The average Bonchev–Trinajstić information content (AvgIpc) is 3.38. The van der Waals surface area contributed by atoms with E-state index < -0.39 is 0 Å². The number of thiophene rings is 1. The SMILES string of the molecule is CC(C)c1ccc(C(NC(=O)C2CSC3(C)CCC(=O)N23)c2cccs2)cc1. The topological polar surface area (TPSA) is 49.4 Å². The van der Waals surface area contributed by atoms with Crippen LogP contribution in [0.25, 0.3) is 0 Å². The Balaban J connectivity index is 1.58. The lowest BCUT2D eigenvalue weighted by Gasteiger charge is -2.31. The Morgan fingerprint density at radius 1 is 1.21 bits per heavy atom. The zero-order valence-electron chi connectivity index (χ0n) is 16.5. The Morgan fingerprint density at radius 3 is 2.57 bits per heavy atom. The molecule has 2 fully saturated rings. The van der Waals surface area contributed by atoms with Crippen molar-refractivity contribution in [3.63, 3.8) is 0 Å². The second-order valence-electron chi connectivity index (χ2n) is 8.04. The molecule has 0 saturated carbocycles. The van der Waals surface area contributed by atoms with Crippen molar-refractivity contribution in [2.45, 2.75) is 56.5 Å². The number of carbonyl (C=O) groups excluding carboxylic acids is 2. The lowest BCUT2D eigenvalue weighted by atomic mass is 9.98. The van der Waals surface area contributed by atoms with E-state index in [1.807, 2.05) is 16.3 Å². The van der Waals surface area contributed by atoms with Gasteiger partial charge in [0.05, 0.1) is 10.9 Å². The molecule has 4 rings (SSSR count). The van der Waals surface area contributed by atoms with Gasteiger partial charge in [-0.15, -0.1) is 23.1 Å². The number of benzene rings is 1. The van der Waals surface area contributed by atoms with E-state index in [0.29, 0.717) is 18.1 Å². The summed E-state index contributed by atoms with van der Waals surface area (Å²) in [4.78, 5) is 28.3. The van der Waals surface area contributed by atoms with E-state index in [-0.39, 0.29) is 28.8 Å².